The lowest BCUT2D eigenvalue weighted by Gasteiger charge is -2.34. The smallest absolute Gasteiger partial charge is 0.260 e. The highest BCUT2D eigenvalue weighted by Gasteiger charge is 2.28. The van der Waals surface area contributed by atoms with Gasteiger partial charge in [-0.25, -0.2) is 10.8 Å². The molecular formula is C14H21N5O. The molecule has 0 bridgehead atoms. The van der Waals surface area contributed by atoms with Crippen molar-refractivity contribution in [2.75, 3.05) is 5.43 Å². The predicted molar refractivity (Wildman–Crippen MR) is 77.5 cm³/mol. The summed E-state index contributed by atoms with van der Waals surface area (Å²) in [5.74, 6) is 6.57. The van der Waals surface area contributed by atoms with Crippen molar-refractivity contribution >= 4 is 11.5 Å². The molecule has 1 saturated carbocycles. The number of nitrogens with zero attached hydrogens (tertiary/aromatic N) is 3. The monoisotopic (exact) mass is 275 g/mol. The Morgan fingerprint density at radius 1 is 1.40 bits per heavy atom. The van der Waals surface area contributed by atoms with Gasteiger partial charge < -0.3 is 10.2 Å². The molecule has 1 fully saturated rings. The first-order valence-electron chi connectivity index (χ1n) is 7.04. The Labute approximate surface area is 118 Å². The molecule has 2 heterocycles. The van der Waals surface area contributed by atoms with Gasteiger partial charge in [0.1, 0.15) is 6.10 Å². The van der Waals surface area contributed by atoms with Crippen molar-refractivity contribution in [2.45, 2.75) is 45.6 Å². The normalized spacial score (nSPS) is 19.1. The minimum absolute atomic E-state index is 0.212. The standard InChI is InChI=1S/C14H21N5O/c1-14(2)5-3-10(4-6-14)20-13-12-16-7-8-19(12)9-11(17-13)18-15/h7-10,18H,3-6,15H2,1-2H3. The molecule has 6 nitrogen and oxygen atoms in total. The molecule has 6 heteroatoms. The Hall–Kier alpha value is -1.82. The quantitative estimate of drug-likeness (QED) is 0.664. The third-order valence-electron chi connectivity index (χ3n) is 4.06. The number of anilines is 1. The zero-order chi connectivity index (χ0) is 14.2. The largest absolute Gasteiger partial charge is 0.472 e. The average molecular weight is 275 g/mol. The summed E-state index contributed by atoms with van der Waals surface area (Å²) in [6.07, 6.45) is 10.1. The summed E-state index contributed by atoms with van der Waals surface area (Å²) in [7, 11) is 0. The second kappa shape index (κ2) is 4.94. The summed E-state index contributed by atoms with van der Waals surface area (Å²) in [5.41, 5.74) is 3.72. The van der Waals surface area contributed by atoms with Gasteiger partial charge in [0.05, 0.1) is 6.20 Å². The van der Waals surface area contributed by atoms with E-state index in [4.69, 9.17) is 10.6 Å². The van der Waals surface area contributed by atoms with Crippen molar-refractivity contribution < 1.29 is 4.74 Å². The van der Waals surface area contributed by atoms with Crippen LogP contribution in [0.25, 0.3) is 5.65 Å². The molecular weight excluding hydrogens is 254 g/mol. The fourth-order valence-electron chi connectivity index (χ4n) is 2.70. The first-order chi connectivity index (χ1) is 9.57. The molecule has 20 heavy (non-hydrogen) atoms. The highest BCUT2D eigenvalue weighted by Crippen LogP contribution is 2.36. The van der Waals surface area contributed by atoms with Crippen molar-refractivity contribution in [2.24, 2.45) is 11.3 Å². The van der Waals surface area contributed by atoms with Gasteiger partial charge in [0.25, 0.3) is 5.88 Å². The summed E-state index contributed by atoms with van der Waals surface area (Å²) in [6, 6.07) is 0. The van der Waals surface area contributed by atoms with Crippen LogP contribution < -0.4 is 16.0 Å². The van der Waals surface area contributed by atoms with Crippen LogP contribution in [0.4, 0.5) is 5.82 Å². The third-order valence-corrected chi connectivity index (χ3v) is 4.06. The van der Waals surface area contributed by atoms with E-state index in [1.165, 1.54) is 12.8 Å². The molecule has 0 radical (unpaired) electrons. The highest BCUT2D eigenvalue weighted by atomic mass is 16.5. The molecule has 1 aliphatic rings. The minimum atomic E-state index is 0.212. The number of rotatable bonds is 3. The molecule has 3 N–H and O–H groups in total. The molecule has 0 atom stereocenters. The lowest BCUT2D eigenvalue weighted by Crippen LogP contribution is -2.28. The Balaban J connectivity index is 1.82. The van der Waals surface area contributed by atoms with Gasteiger partial charge in [-0.2, -0.15) is 4.98 Å². The van der Waals surface area contributed by atoms with E-state index < -0.39 is 0 Å². The number of hydrazine groups is 1. The maximum absolute atomic E-state index is 6.07. The molecule has 0 aliphatic heterocycles. The van der Waals surface area contributed by atoms with E-state index in [9.17, 15) is 0 Å². The van der Waals surface area contributed by atoms with Crippen LogP contribution in [0.1, 0.15) is 39.5 Å². The van der Waals surface area contributed by atoms with Gasteiger partial charge in [0.2, 0.25) is 5.65 Å². The predicted octanol–water partition coefficient (Wildman–Crippen LogP) is 2.36. The van der Waals surface area contributed by atoms with Crippen LogP contribution in [0.2, 0.25) is 0 Å². The Bertz CT molecular complexity index is 597. The molecule has 3 rings (SSSR count). The lowest BCUT2D eigenvalue weighted by atomic mass is 9.76. The van der Waals surface area contributed by atoms with Gasteiger partial charge in [0, 0.05) is 12.4 Å². The molecule has 0 spiro atoms. The van der Waals surface area contributed by atoms with E-state index in [0.717, 1.165) is 18.5 Å². The van der Waals surface area contributed by atoms with E-state index in [1.807, 2.05) is 10.6 Å². The first kappa shape index (κ1) is 13.2. The van der Waals surface area contributed by atoms with Gasteiger partial charge in [-0.1, -0.05) is 13.8 Å². The van der Waals surface area contributed by atoms with Gasteiger partial charge in [0.15, 0.2) is 5.82 Å². The molecule has 0 saturated heterocycles. The summed E-state index contributed by atoms with van der Waals surface area (Å²) < 4.78 is 7.94. The number of aromatic nitrogens is 3. The van der Waals surface area contributed by atoms with Gasteiger partial charge in [-0.05, 0) is 31.1 Å². The summed E-state index contributed by atoms with van der Waals surface area (Å²) in [5, 5.41) is 0. The van der Waals surface area contributed by atoms with Crippen molar-refractivity contribution in [3.8, 4) is 5.88 Å². The van der Waals surface area contributed by atoms with Crippen LogP contribution in [0.15, 0.2) is 18.6 Å². The Morgan fingerprint density at radius 3 is 2.85 bits per heavy atom. The highest BCUT2D eigenvalue weighted by molar-refractivity contribution is 5.53. The first-order valence-corrected chi connectivity index (χ1v) is 7.04. The van der Waals surface area contributed by atoms with Crippen LogP contribution in [-0.4, -0.2) is 20.5 Å². The number of hydrogen-bond acceptors (Lipinski definition) is 5. The maximum Gasteiger partial charge on any atom is 0.260 e. The van der Waals surface area contributed by atoms with E-state index in [1.54, 1.807) is 12.4 Å². The van der Waals surface area contributed by atoms with Crippen molar-refractivity contribution in [3.63, 3.8) is 0 Å². The molecule has 108 valence electrons. The van der Waals surface area contributed by atoms with Gasteiger partial charge in [-0.15, -0.1) is 0 Å². The molecule has 2 aromatic heterocycles. The average Bonchev–Trinajstić information content (AvgIpc) is 2.89. The van der Waals surface area contributed by atoms with Crippen molar-refractivity contribution in [1.29, 1.82) is 0 Å². The fourth-order valence-corrected chi connectivity index (χ4v) is 2.70. The second-order valence-electron chi connectivity index (χ2n) is 6.22. The second-order valence-corrected chi connectivity index (χ2v) is 6.22. The third kappa shape index (κ3) is 2.56. The van der Waals surface area contributed by atoms with Crippen LogP contribution in [0.3, 0.4) is 0 Å². The number of nitrogen functional groups attached to an aromatic ring is 1. The van der Waals surface area contributed by atoms with Crippen LogP contribution >= 0.6 is 0 Å². The van der Waals surface area contributed by atoms with E-state index in [0.29, 0.717) is 17.1 Å². The van der Waals surface area contributed by atoms with E-state index >= 15 is 0 Å². The number of nitrogens with two attached hydrogens (primary N) is 1. The summed E-state index contributed by atoms with van der Waals surface area (Å²) in [6.45, 7) is 4.63. The number of imidazole rings is 1. The number of ether oxygens (including phenoxy) is 1. The van der Waals surface area contributed by atoms with Gasteiger partial charge >= 0.3 is 0 Å². The minimum Gasteiger partial charge on any atom is -0.472 e. The van der Waals surface area contributed by atoms with Crippen molar-refractivity contribution in [3.05, 3.63) is 18.6 Å². The molecule has 2 aromatic rings. The van der Waals surface area contributed by atoms with E-state index in [-0.39, 0.29) is 6.10 Å². The number of hydrogen-bond donors (Lipinski definition) is 2. The maximum atomic E-state index is 6.07. The zero-order valence-corrected chi connectivity index (χ0v) is 12.0. The molecule has 0 unspecified atom stereocenters. The van der Waals surface area contributed by atoms with Crippen molar-refractivity contribution in [1.82, 2.24) is 14.4 Å². The Kier molecular flexibility index (Phi) is 3.25. The molecule has 1 aliphatic carbocycles. The van der Waals surface area contributed by atoms with E-state index in [2.05, 4.69) is 29.2 Å². The fraction of sp³-hybridized carbons (Fsp3) is 0.571. The molecule has 0 amide bonds. The number of nitrogens with one attached hydrogen (secondary N) is 1. The molecule has 0 aromatic carbocycles. The van der Waals surface area contributed by atoms with Crippen LogP contribution in [-0.2, 0) is 0 Å². The van der Waals surface area contributed by atoms with Crippen LogP contribution in [0.5, 0.6) is 5.88 Å². The lowest BCUT2D eigenvalue weighted by molar-refractivity contribution is 0.0959. The number of fused-ring (bicyclic) bond motifs is 1. The topological polar surface area (TPSA) is 77.5 Å². The zero-order valence-electron chi connectivity index (χ0n) is 12.0. The summed E-state index contributed by atoms with van der Waals surface area (Å²) in [4.78, 5) is 8.68. The van der Waals surface area contributed by atoms with Crippen LogP contribution in [0, 0.1) is 5.41 Å². The van der Waals surface area contributed by atoms with Gasteiger partial charge in [-0.3, -0.25) is 4.40 Å². The Morgan fingerprint density at radius 2 is 2.15 bits per heavy atom. The summed E-state index contributed by atoms with van der Waals surface area (Å²) >= 11 is 0. The SMILES string of the molecule is CC1(C)CCC(Oc2nc(NN)cn3ccnc23)CC1.